The van der Waals surface area contributed by atoms with Crippen LogP contribution in [0.2, 0.25) is 0 Å². The van der Waals surface area contributed by atoms with Crippen molar-refractivity contribution in [1.82, 2.24) is 14.2 Å². The molecule has 3 heterocycles. The van der Waals surface area contributed by atoms with E-state index in [0.717, 1.165) is 21.1 Å². The number of hydrogen-bond donors (Lipinski definition) is 0. The van der Waals surface area contributed by atoms with Gasteiger partial charge in [0, 0.05) is 38.1 Å². The molecule has 1 aliphatic heterocycles. The Labute approximate surface area is 169 Å². The van der Waals surface area contributed by atoms with E-state index < -0.39 is 32.4 Å². The lowest BCUT2D eigenvalue weighted by Gasteiger charge is -2.33. The Morgan fingerprint density at radius 3 is 2.52 bits per heavy atom. The summed E-state index contributed by atoms with van der Waals surface area (Å²) in [5.74, 6) is -4.23. The van der Waals surface area contributed by atoms with Gasteiger partial charge in [-0.05, 0) is 24.3 Å². The third kappa shape index (κ3) is 3.95. The number of piperazine rings is 1. The minimum absolute atomic E-state index is 0.107. The summed E-state index contributed by atoms with van der Waals surface area (Å²) in [5.41, 5.74) is 0.837. The molecule has 0 bridgehead atoms. The van der Waals surface area contributed by atoms with Gasteiger partial charge in [-0.3, -0.25) is 4.90 Å². The lowest BCUT2D eigenvalue weighted by molar-refractivity contribution is 0.180. The van der Waals surface area contributed by atoms with Crippen molar-refractivity contribution in [1.29, 1.82) is 0 Å². The fourth-order valence-corrected chi connectivity index (χ4v) is 5.35. The molecule has 1 saturated heterocycles. The van der Waals surface area contributed by atoms with Crippen molar-refractivity contribution >= 4 is 21.4 Å². The van der Waals surface area contributed by atoms with Gasteiger partial charge in [-0.25, -0.2) is 26.6 Å². The van der Waals surface area contributed by atoms with Gasteiger partial charge >= 0.3 is 0 Å². The first-order valence-electron chi connectivity index (χ1n) is 8.70. The summed E-state index contributed by atoms with van der Waals surface area (Å²) < 4.78 is 72.1. The molecule has 0 unspecified atom stereocenters. The van der Waals surface area contributed by atoms with Crippen molar-refractivity contribution in [2.24, 2.45) is 0 Å². The third-order valence-corrected chi connectivity index (χ3v) is 7.44. The Hall–Kier alpha value is -2.21. The summed E-state index contributed by atoms with van der Waals surface area (Å²) in [4.78, 5) is 5.68. The second kappa shape index (κ2) is 7.90. The average molecular weight is 443 g/mol. The maximum atomic E-state index is 14.0. The van der Waals surface area contributed by atoms with Crippen LogP contribution in [0, 0.1) is 17.5 Å². The molecule has 0 saturated carbocycles. The molecule has 2 aromatic heterocycles. The Bertz CT molecular complexity index is 1110. The Morgan fingerprint density at radius 1 is 1.07 bits per heavy atom. The van der Waals surface area contributed by atoms with Gasteiger partial charge in [0.2, 0.25) is 10.0 Å². The van der Waals surface area contributed by atoms with E-state index in [0.29, 0.717) is 31.5 Å². The second-order valence-corrected chi connectivity index (χ2v) is 9.24. The van der Waals surface area contributed by atoms with E-state index in [-0.39, 0.29) is 13.1 Å². The summed E-state index contributed by atoms with van der Waals surface area (Å²) >= 11 is 1.46. The molecule has 11 heteroatoms. The molecule has 3 aromatic rings. The molecule has 0 amide bonds. The monoisotopic (exact) mass is 443 g/mol. The summed E-state index contributed by atoms with van der Waals surface area (Å²) in [6.45, 7) is 1.55. The van der Waals surface area contributed by atoms with Crippen molar-refractivity contribution in [2.75, 3.05) is 26.2 Å². The van der Waals surface area contributed by atoms with Crippen LogP contribution in [0.5, 0.6) is 0 Å². The van der Waals surface area contributed by atoms with E-state index in [1.807, 2.05) is 16.3 Å². The van der Waals surface area contributed by atoms with Crippen LogP contribution in [-0.2, 0) is 16.6 Å². The topological polar surface area (TPSA) is 66.7 Å². The van der Waals surface area contributed by atoms with Crippen LogP contribution in [0.15, 0.2) is 45.2 Å². The molecule has 154 valence electrons. The van der Waals surface area contributed by atoms with Crippen molar-refractivity contribution in [3.05, 3.63) is 59.1 Å². The maximum absolute atomic E-state index is 14.0. The van der Waals surface area contributed by atoms with E-state index in [1.165, 1.54) is 11.3 Å². The number of furan rings is 1. The predicted octanol–water partition coefficient (Wildman–Crippen LogP) is 3.33. The highest BCUT2D eigenvalue weighted by Gasteiger charge is 2.32. The number of hydrogen-bond acceptors (Lipinski definition) is 6. The molecule has 6 nitrogen and oxygen atoms in total. The zero-order chi connectivity index (χ0) is 20.6. The van der Waals surface area contributed by atoms with E-state index in [2.05, 4.69) is 4.98 Å². The smallest absolute Gasteiger partial charge is 0.246 e. The van der Waals surface area contributed by atoms with Gasteiger partial charge < -0.3 is 4.42 Å². The molecular formula is C18H16F3N3O3S2. The van der Waals surface area contributed by atoms with Crippen molar-refractivity contribution in [3.8, 4) is 10.8 Å². The predicted molar refractivity (Wildman–Crippen MR) is 100 cm³/mol. The summed E-state index contributed by atoms with van der Waals surface area (Å²) in [6, 6.07) is 4.97. The molecule has 0 N–H and O–H groups in total. The molecule has 1 fully saturated rings. The van der Waals surface area contributed by atoms with Crippen LogP contribution in [0.25, 0.3) is 10.8 Å². The van der Waals surface area contributed by atoms with Gasteiger partial charge in [-0.15, -0.1) is 11.3 Å². The first-order valence-corrected chi connectivity index (χ1v) is 11.0. The van der Waals surface area contributed by atoms with Crippen LogP contribution in [-0.4, -0.2) is 48.8 Å². The van der Waals surface area contributed by atoms with E-state index in [1.54, 1.807) is 12.3 Å². The lowest BCUT2D eigenvalue weighted by atomic mass is 10.3. The van der Waals surface area contributed by atoms with Crippen LogP contribution < -0.4 is 0 Å². The molecule has 1 aliphatic rings. The second-order valence-electron chi connectivity index (χ2n) is 6.48. The van der Waals surface area contributed by atoms with Crippen molar-refractivity contribution in [3.63, 3.8) is 0 Å². The van der Waals surface area contributed by atoms with Gasteiger partial charge in [0.1, 0.15) is 4.90 Å². The SMILES string of the molecule is O=S(=O)(c1ccc(F)c(F)c1F)N1CCN(Cc2csc(-c3ccco3)n2)CC1. The number of halogens is 3. The number of benzene rings is 1. The van der Waals surface area contributed by atoms with Crippen LogP contribution in [0.3, 0.4) is 0 Å². The fraction of sp³-hybridized carbons (Fsp3) is 0.278. The average Bonchev–Trinajstić information content (AvgIpc) is 3.38. The standard InChI is InChI=1S/C18H16F3N3O3S2/c19-13-3-4-15(17(21)16(13)20)29(25,26)24-7-5-23(6-8-24)10-12-11-28-18(22-12)14-2-1-9-27-14/h1-4,9,11H,5-8,10H2. The normalized spacial score (nSPS) is 16.4. The first-order chi connectivity index (χ1) is 13.9. The molecule has 0 spiro atoms. The summed E-state index contributed by atoms with van der Waals surface area (Å²) in [6.07, 6.45) is 1.58. The molecule has 0 radical (unpaired) electrons. The van der Waals surface area contributed by atoms with Gasteiger partial charge in [0.25, 0.3) is 0 Å². The van der Waals surface area contributed by atoms with Crippen LogP contribution in [0.1, 0.15) is 5.69 Å². The molecule has 0 atom stereocenters. The number of rotatable bonds is 5. The number of aromatic nitrogens is 1. The number of nitrogens with zero attached hydrogens (tertiary/aromatic N) is 3. The Kier molecular flexibility index (Phi) is 5.47. The fourth-order valence-electron chi connectivity index (χ4n) is 3.10. The highest BCUT2D eigenvalue weighted by atomic mass is 32.2. The highest BCUT2D eigenvalue weighted by molar-refractivity contribution is 7.89. The van der Waals surface area contributed by atoms with Crippen molar-refractivity contribution < 1.29 is 26.0 Å². The van der Waals surface area contributed by atoms with E-state index in [4.69, 9.17) is 4.42 Å². The lowest BCUT2D eigenvalue weighted by Crippen LogP contribution is -2.48. The van der Waals surface area contributed by atoms with Gasteiger partial charge in [-0.2, -0.15) is 4.31 Å². The molecular weight excluding hydrogens is 427 g/mol. The first kappa shape index (κ1) is 20.1. The largest absolute Gasteiger partial charge is 0.462 e. The van der Waals surface area contributed by atoms with E-state index >= 15 is 0 Å². The molecule has 1 aromatic carbocycles. The highest BCUT2D eigenvalue weighted by Crippen LogP contribution is 2.26. The third-order valence-electron chi connectivity index (χ3n) is 4.62. The Morgan fingerprint density at radius 2 is 1.83 bits per heavy atom. The summed E-state index contributed by atoms with van der Waals surface area (Å²) in [7, 11) is -4.25. The number of thiazole rings is 1. The zero-order valence-corrected chi connectivity index (χ0v) is 16.6. The maximum Gasteiger partial charge on any atom is 0.246 e. The molecule has 4 rings (SSSR count). The molecule has 0 aliphatic carbocycles. The minimum atomic E-state index is -4.25. The summed E-state index contributed by atoms with van der Waals surface area (Å²) in [5, 5.41) is 2.68. The van der Waals surface area contributed by atoms with Gasteiger partial charge in [0.05, 0.1) is 12.0 Å². The quantitative estimate of drug-likeness (QED) is 0.566. The Balaban J connectivity index is 1.41. The number of sulfonamides is 1. The minimum Gasteiger partial charge on any atom is -0.462 e. The molecule has 29 heavy (non-hydrogen) atoms. The van der Waals surface area contributed by atoms with Crippen LogP contribution >= 0.6 is 11.3 Å². The van der Waals surface area contributed by atoms with Gasteiger partial charge in [-0.1, -0.05) is 0 Å². The zero-order valence-electron chi connectivity index (χ0n) is 15.0. The van der Waals surface area contributed by atoms with Crippen molar-refractivity contribution in [2.45, 2.75) is 11.4 Å². The van der Waals surface area contributed by atoms with E-state index in [9.17, 15) is 21.6 Å². The van der Waals surface area contributed by atoms with Gasteiger partial charge in [0.15, 0.2) is 28.2 Å². The van der Waals surface area contributed by atoms with Crippen LogP contribution in [0.4, 0.5) is 13.2 Å².